The Balaban J connectivity index is 1.37. The summed E-state index contributed by atoms with van der Waals surface area (Å²) in [6, 6.07) is 11.6. The molecule has 5 rings (SSSR count). The van der Waals surface area contributed by atoms with Crippen molar-refractivity contribution in [3.05, 3.63) is 60.0 Å². The molecule has 2 unspecified atom stereocenters. The zero-order valence-electron chi connectivity index (χ0n) is 15.6. The molecule has 1 aromatic carbocycles. The lowest BCUT2D eigenvalue weighted by Gasteiger charge is -2.20. The summed E-state index contributed by atoms with van der Waals surface area (Å²) in [6.07, 6.45) is 7.27. The van der Waals surface area contributed by atoms with E-state index in [2.05, 4.69) is 16.2 Å². The van der Waals surface area contributed by atoms with Gasteiger partial charge in [0.2, 0.25) is 0 Å². The minimum absolute atomic E-state index is 0.0533. The average molecular weight is 403 g/mol. The lowest BCUT2D eigenvalue weighted by Crippen LogP contribution is -2.35. The number of hydrogen-bond donors (Lipinski definition) is 0. The molecule has 0 N–H and O–H groups in total. The molecule has 2 saturated heterocycles. The summed E-state index contributed by atoms with van der Waals surface area (Å²) in [4.78, 5) is 25.9. The number of pyridine rings is 1. The fourth-order valence-corrected chi connectivity index (χ4v) is 4.77. The molecule has 0 radical (unpaired) electrons. The highest BCUT2D eigenvalue weighted by Crippen LogP contribution is 2.42. The van der Waals surface area contributed by atoms with E-state index in [1.807, 2.05) is 42.2 Å². The number of piperazine rings is 1. The third-order valence-electron chi connectivity index (χ3n) is 5.42. The number of para-hydroxylation sites is 1. The number of aromatic nitrogens is 2. The van der Waals surface area contributed by atoms with Gasteiger partial charge in [-0.15, -0.1) is 11.3 Å². The molecule has 29 heavy (non-hydrogen) atoms. The quantitative estimate of drug-likeness (QED) is 0.491. The van der Waals surface area contributed by atoms with E-state index < -0.39 is 0 Å². The normalized spacial score (nSPS) is 22.1. The molecule has 0 aliphatic carbocycles. The largest absolute Gasteiger partial charge is 0.457 e. The van der Waals surface area contributed by atoms with Gasteiger partial charge in [-0.1, -0.05) is 18.2 Å². The SMILES string of the molecule is CC1[C@H]2C(CN1C#N)N2C(=O)c1ncc(-c2cnccc2Oc2ccccc2)s1. The maximum absolute atomic E-state index is 12.9. The monoisotopic (exact) mass is 403 g/mol. The number of benzene rings is 1. The number of rotatable bonds is 4. The zero-order valence-corrected chi connectivity index (χ0v) is 16.4. The van der Waals surface area contributed by atoms with Gasteiger partial charge in [0.05, 0.1) is 35.1 Å². The second-order valence-corrected chi connectivity index (χ2v) is 8.11. The van der Waals surface area contributed by atoms with Gasteiger partial charge < -0.3 is 14.5 Å². The Morgan fingerprint density at radius 1 is 1.28 bits per heavy atom. The van der Waals surface area contributed by atoms with Crippen LogP contribution < -0.4 is 4.74 Å². The van der Waals surface area contributed by atoms with Crippen molar-refractivity contribution < 1.29 is 9.53 Å². The molecule has 3 atom stereocenters. The van der Waals surface area contributed by atoms with Crippen molar-refractivity contribution in [2.24, 2.45) is 0 Å². The lowest BCUT2D eigenvalue weighted by molar-refractivity contribution is 0.0832. The zero-order chi connectivity index (χ0) is 20.0. The van der Waals surface area contributed by atoms with Crippen LogP contribution in [0.3, 0.4) is 0 Å². The van der Waals surface area contributed by atoms with Crippen molar-refractivity contribution in [2.45, 2.75) is 25.0 Å². The standard InChI is InChI=1S/C21H17N5O2S/c1-13-19-16(11-25(13)12-22)26(19)21(27)20-24-10-18(29-20)15-9-23-8-7-17(15)28-14-5-3-2-4-6-14/h2-10,13,16,19H,11H2,1H3/t13?,16?,19-,26?/m0/s1. The van der Waals surface area contributed by atoms with Crippen molar-refractivity contribution in [1.82, 2.24) is 19.8 Å². The Labute approximate surface area is 171 Å². The predicted octanol–water partition coefficient (Wildman–Crippen LogP) is 3.38. The van der Waals surface area contributed by atoms with E-state index in [4.69, 9.17) is 10.00 Å². The third-order valence-corrected chi connectivity index (χ3v) is 6.44. The molecule has 4 heterocycles. The Kier molecular flexibility index (Phi) is 4.18. The maximum atomic E-state index is 12.9. The summed E-state index contributed by atoms with van der Waals surface area (Å²) in [5, 5.41) is 9.57. The molecular weight excluding hydrogens is 386 g/mol. The van der Waals surface area contributed by atoms with Gasteiger partial charge in [0.15, 0.2) is 11.2 Å². The molecule has 2 fully saturated rings. The minimum atomic E-state index is -0.0740. The molecule has 0 bridgehead atoms. The van der Waals surface area contributed by atoms with Crippen LogP contribution in [0.25, 0.3) is 10.4 Å². The van der Waals surface area contributed by atoms with Crippen molar-refractivity contribution in [3.8, 4) is 28.1 Å². The number of amides is 1. The fraction of sp³-hybridized carbons (Fsp3) is 0.238. The highest BCUT2D eigenvalue weighted by molar-refractivity contribution is 7.17. The molecule has 1 amide bonds. The summed E-state index contributed by atoms with van der Waals surface area (Å²) in [7, 11) is 0. The number of fused-ring (bicyclic) bond motifs is 1. The first-order valence-electron chi connectivity index (χ1n) is 9.29. The van der Waals surface area contributed by atoms with Crippen molar-refractivity contribution in [2.75, 3.05) is 6.54 Å². The van der Waals surface area contributed by atoms with Crippen LogP contribution in [0.15, 0.2) is 55.0 Å². The van der Waals surface area contributed by atoms with Crippen LogP contribution in [0.1, 0.15) is 16.7 Å². The number of ether oxygens (including phenoxy) is 1. The number of nitrogens with zero attached hydrogens (tertiary/aromatic N) is 5. The Hall–Kier alpha value is -3.44. The molecule has 2 aliphatic rings. The van der Waals surface area contributed by atoms with E-state index in [9.17, 15) is 4.79 Å². The molecule has 0 spiro atoms. The predicted molar refractivity (Wildman–Crippen MR) is 107 cm³/mol. The summed E-state index contributed by atoms with van der Waals surface area (Å²) in [5.74, 6) is 1.32. The summed E-state index contributed by atoms with van der Waals surface area (Å²) >= 11 is 1.33. The van der Waals surface area contributed by atoms with Crippen LogP contribution in [0.5, 0.6) is 11.5 Å². The summed E-state index contributed by atoms with van der Waals surface area (Å²) < 4.78 is 6.00. The molecule has 0 saturated carbocycles. The average Bonchev–Trinajstić information content (AvgIpc) is 3.07. The van der Waals surface area contributed by atoms with Crippen LogP contribution >= 0.6 is 11.3 Å². The second kappa shape index (κ2) is 6.87. The molecule has 2 aromatic heterocycles. The third kappa shape index (κ3) is 3.00. The van der Waals surface area contributed by atoms with Crippen LogP contribution in [0, 0.1) is 11.5 Å². The highest BCUT2D eigenvalue weighted by atomic mass is 32.1. The number of hydrogen-bond acceptors (Lipinski definition) is 7. The van der Waals surface area contributed by atoms with Crippen LogP contribution in [0.4, 0.5) is 0 Å². The minimum Gasteiger partial charge on any atom is -0.457 e. The molecular formula is C21H17N5O2S. The number of carbonyl (C=O) groups excluding carboxylic acids is 1. The smallest absolute Gasteiger partial charge is 0.283 e. The Morgan fingerprint density at radius 2 is 2.10 bits per heavy atom. The maximum Gasteiger partial charge on any atom is 0.283 e. The van der Waals surface area contributed by atoms with E-state index in [0.717, 1.165) is 16.2 Å². The summed E-state index contributed by atoms with van der Waals surface area (Å²) in [6.45, 7) is 2.58. The van der Waals surface area contributed by atoms with Gasteiger partial charge in [-0.3, -0.25) is 9.78 Å². The topological polar surface area (TPSA) is 82.1 Å². The van der Waals surface area contributed by atoms with Gasteiger partial charge in [0, 0.05) is 18.6 Å². The molecule has 2 aliphatic heterocycles. The van der Waals surface area contributed by atoms with Crippen LogP contribution in [-0.4, -0.2) is 50.3 Å². The van der Waals surface area contributed by atoms with Gasteiger partial charge in [-0.05, 0) is 25.1 Å². The number of carbonyl (C=O) groups is 1. The van der Waals surface area contributed by atoms with E-state index in [1.165, 1.54) is 11.3 Å². The van der Waals surface area contributed by atoms with Crippen molar-refractivity contribution >= 4 is 17.2 Å². The van der Waals surface area contributed by atoms with Gasteiger partial charge in [0.1, 0.15) is 11.5 Å². The molecule has 7 nitrogen and oxygen atoms in total. The van der Waals surface area contributed by atoms with E-state index in [0.29, 0.717) is 17.3 Å². The lowest BCUT2D eigenvalue weighted by atomic mass is 10.2. The molecule has 8 heteroatoms. The number of nitriles is 1. The van der Waals surface area contributed by atoms with Crippen LogP contribution in [0.2, 0.25) is 0 Å². The van der Waals surface area contributed by atoms with E-state index in [-0.39, 0.29) is 24.0 Å². The van der Waals surface area contributed by atoms with Gasteiger partial charge in [-0.25, -0.2) is 4.98 Å². The van der Waals surface area contributed by atoms with E-state index in [1.54, 1.807) is 29.6 Å². The summed E-state index contributed by atoms with van der Waals surface area (Å²) in [5.41, 5.74) is 0.794. The first-order chi connectivity index (χ1) is 14.2. The van der Waals surface area contributed by atoms with Gasteiger partial charge in [0.25, 0.3) is 5.91 Å². The first-order valence-corrected chi connectivity index (χ1v) is 10.1. The molecule has 3 aromatic rings. The fourth-order valence-electron chi connectivity index (χ4n) is 3.90. The molecule has 144 valence electrons. The van der Waals surface area contributed by atoms with Crippen molar-refractivity contribution in [1.29, 1.82) is 5.26 Å². The Morgan fingerprint density at radius 3 is 2.83 bits per heavy atom. The highest BCUT2D eigenvalue weighted by Gasteiger charge is 2.61. The second-order valence-electron chi connectivity index (χ2n) is 7.08. The van der Waals surface area contributed by atoms with Crippen molar-refractivity contribution in [3.63, 3.8) is 0 Å². The van der Waals surface area contributed by atoms with E-state index >= 15 is 0 Å². The van der Waals surface area contributed by atoms with Gasteiger partial charge >= 0.3 is 0 Å². The van der Waals surface area contributed by atoms with Gasteiger partial charge in [-0.2, -0.15) is 5.26 Å². The number of likely N-dealkylation sites (tertiary alicyclic amines) is 1. The number of thiazole rings is 1. The van der Waals surface area contributed by atoms with Crippen LogP contribution in [-0.2, 0) is 0 Å². The first kappa shape index (κ1) is 17.6. The Bertz CT molecular complexity index is 1110.